The molecule has 1 aliphatic heterocycles. The number of benzene rings is 1. The zero-order valence-electron chi connectivity index (χ0n) is 9.70. The Morgan fingerprint density at radius 1 is 1.38 bits per heavy atom. The molecule has 86 valence electrons. The van der Waals surface area contributed by atoms with Gasteiger partial charge in [-0.15, -0.1) is 0 Å². The summed E-state index contributed by atoms with van der Waals surface area (Å²) in [6, 6.07) is 8.25. The number of rotatable bonds is 2. The van der Waals surface area contributed by atoms with Crippen LogP contribution in [0.1, 0.15) is 17.5 Å². The second-order valence-corrected chi connectivity index (χ2v) is 4.27. The number of hydrogen-bond donors (Lipinski definition) is 1. The largest absolute Gasteiger partial charge is 0.337 e. The number of carbonyl (C=O) groups is 1. The van der Waals surface area contributed by atoms with Crippen LogP contribution >= 0.6 is 0 Å². The van der Waals surface area contributed by atoms with Crippen molar-refractivity contribution >= 4 is 5.91 Å². The molecule has 0 atom stereocenters. The lowest BCUT2D eigenvalue weighted by Gasteiger charge is -2.21. The first-order valence-electron chi connectivity index (χ1n) is 5.80. The minimum Gasteiger partial charge on any atom is -0.337 e. The molecule has 2 rings (SSSR count). The first-order valence-corrected chi connectivity index (χ1v) is 5.80. The molecule has 3 nitrogen and oxygen atoms in total. The molecule has 16 heavy (non-hydrogen) atoms. The monoisotopic (exact) mass is 218 g/mol. The zero-order chi connectivity index (χ0) is 11.4. The van der Waals surface area contributed by atoms with Gasteiger partial charge in [0.15, 0.2) is 0 Å². The van der Waals surface area contributed by atoms with Crippen LogP contribution in [-0.4, -0.2) is 30.4 Å². The molecule has 1 heterocycles. The van der Waals surface area contributed by atoms with Crippen LogP contribution in [0.3, 0.4) is 0 Å². The Morgan fingerprint density at radius 2 is 2.19 bits per heavy atom. The van der Waals surface area contributed by atoms with Gasteiger partial charge in [0.05, 0.1) is 6.54 Å². The van der Waals surface area contributed by atoms with E-state index in [1.165, 1.54) is 11.1 Å². The number of hydrogen-bond acceptors (Lipinski definition) is 2. The Morgan fingerprint density at radius 3 is 3.00 bits per heavy atom. The van der Waals surface area contributed by atoms with Gasteiger partial charge in [-0.25, -0.2) is 0 Å². The number of amides is 1. The van der Waals surface area contributed by atoms with Crippen LogP contribution in [0.5, 0.6) is 0 Å². The van der Waals surface area contributed by atoms with E-state index in [9.17, 15) is 4.79 Å². The van der Waals surface area contributed by atoms with E-state index in [-0.39, 0.29) is 5.91 Å². The Hall–Kier alpha value is -1.35. The van der Waals surface area contributed by atoms with Gasteiger partial charge in [0.25, 0.3) is 0 Å². The molecule has 0 saturated carbocycles. The molecule has 1 N–H and O–H groups in total. The van der Waals surface area contributed by atoms with Gasteiger partial charge in [-0.1, -0.05) is 24.3 Å². The molecule has 1 amide bonds. The maximum atomic E-state index is 11.8. The van der Waals surface area contributed by atoms with Crippen molar-refractivity contribution in [3.05, 3.63) is 35.4 Å². The highest BCUT2D eigenvalue weighted by atomic mass is 16.2. The summed E-state index contributed by atoms with van der Waals surface area (Å²) in [5, 5.41) is 3.14. The smallest absolute Gasteiger partial charge is 0.236 e. The van der Waals surface area contributed by atoms with Gasteiger partial charge in [-0.05, 0) is 31.0 Å². The van der Waals surface area contributed by atoms with Crippen LogP contribution in [0.2, 0.25) is 0 Å². The Labute approximate surface area is 96.5 Å². The maximum absolute atomic E-state index is 11.8. The SMILES string of the molecule is Cc1ccccc1CN1CCCNCC1=O. The fourth-order valence-corrected chi connectivity index (χ4v) is 1.99. The minimum atomic E-state index is 0.209. The molecule has 1 aliphatic rings. The fraction of sp³-hybridized carbons (Fsp3) is 0.462. The molecule has 0 unspecified atom stereocenters. The predicted molar refractivity (Wildman–Crippen MR) is 64.1 cm³/mol. The quantitative estimate of drug-likeness (QED) is 0.812. The topological polar surface area (TPSA) is 32.3 Å². The summed E-state index contributed by atoms with van der Waals surface area (Å²) in [5.74, 6) is 0.209. The van der Waals surface area contributed by atoms with E-state index in [1.807, 2.05) is 17.0 Å². The van der Waals surface area contributed by atoms with Crippen LogP contribution in [0.15, 0.2) is 24.3 Å². The molecule has 1 fully saturated rings. The zero-order valence-corrected chi connectivity index (χ0v) is 9.70. The summed E-state index contributed by atoms with van der Waals surface area (Å²) in [7, 11) is 0. The molecule has 0 spiro atoms. The summed E-state index contributed by atoms with van der Waals surface area (Å²) in [4.78, 5) is 13.7. The van der Waals surface area contributed by atoms with Gasteiger partial charge >= 0.3 is 0 Å². The molecule has 0 radical (unpaired) electrons. The summed E-state index contributed by atoms with van der Waals surface area (Å²) < 4.78 is 0. The van der Waals surface area contributed by atoms with Crippen LogP contribution in [0, 0.1) is 6.92 Å². The van der Waals surface area contributed by atoms with Gasteiger partial charge in [-0.3, -0.25) is 4.79 Å². The molecular formula is C13H18N2O. The lowest BCUT2D eigenvalue weighted by molar-refractivity contribution is -0.130. The number of aryl methyl sites for hydroxylation is 1. The van der Waals surface area contributed by atoms with Crippen molar-refractivity contribution < 1.29 is 4.79 Å². The number of nitrogens with one attached hydrogen (secondary N) is 1. The lowest BCUT2D eigenvalue weighted by Crippen LogP contribution is -2.34. The van der Waals surface area contributed by atoms with Gasteiger partial charge < -0.3 is 10.2 Å². The molecule has 1 aromatic carbocycles. The highest BCUT2D eigenvalue weighted by Crippen LogP contribution is 2.11. The van der Waals surface area contributed by atoms with E-state index in [2.05, 4.69) is 24.4 Å². The second kappa shape index (κ2) is 5.12. The third-order valence-corrected chi connectivity index (χ3v) is 3.03. The summed E-state index contributed by atoms with van der Waals surface area (Å²) in [6.07, 6.45) is 1.04. The minimum absolute atomic E-state index is 0.209. The van der Waals surface area contributed by atoms with Gasteiger partial charge in [0.1, 0.15) is 0 Å². The predicted octanol–water partition coefficient (Wildman–Crippen LogP) is 1.32. The second-order valence-electron chi connectivity index (χ2n) is 4.27. The van der Waals surface area contributed by atoms with Gasteiger partial charge in [0.2, 0.25) is 5.91 Å². The fourth-order valence-electron chi connectivity index (χ4n) is 1.99. The van der Waals surface area contributed by atoms with Crippen molar-refractivity contribution in [2.24, 2.45) is 0 Å². The average Bonchev–Trinajstić information content (AvgIpc) is 2.48. The first kappa shape index (κ1) is 11.1. The maximum Gasteiger partial charge on any atom is 0.236 e. The molecular weight excluding hydrogens is 200 g/mol. The summed E-state index contributed by atoms with van der Waals surface area (Å²) in [6.45, 7) is 5.12. The standard InChI is InChI=1S/C13H18N2O/c1-11-5-2-3-6-12(11)10-15-8-4-7-14-9-13(15)16/h2-3,5-6,14H,4,7-10H2,1H3. The Kier molecular flexibility index (Phi) is 3.57. The van der Waals surface area contributed by atoms with E-state index in [0.717, 1.165) is 26.1 Å². The van der Waals surface area contributed by atoms with Crippen LogP contribution in [-0.2, 0) is 11.3 Å². The third kappa shape index (κ3) is 2.61. The van der Waals surface area contributed by atoms with Crippen molar-refractivity contribution in [2.45, 2.75) is 19.9 Å². The summed E-state index contributed by atoms with van der Waals surface area (Å²) in [5.41, 5.74) is 2.50. The van der Waals surface area contributed by atoms with E-state index in [1.54, 1.807) is 0 Å². The van der Waals surface area contributed by atoms with E-state index >= 15 is 0 Å². The van der Waals surface area contributed by atoms with Crippen molar-refractivity contribution in [3.63, 3.8) is 0 Å². The van der Waals surface area contributed by atoms with Crippen LogP contribution in [0.4, 0.5) is 0 Å². The van der Waals surface area contributed by atoms with Gasteiger partial charge in [-0.2, -0.15) is 0 Å². The lowest BCUT2D eigenvalue weighted by atomic mass is 10.1. The van der Waals surface area contributed by atoms with Crippen molar-refractivity contribution in [1.82, 2.24) is 10.2 Å². The normalized spacial score (nSPS) is 17.3. The number of carbonyl (C=O) groups excluding carboxylic acids is 1. The molecule has 3 heteroatoms. The van der Waals surface area contributed by atoms with E-state index in [4.69, 9.17) is 0 Å². The highest BCUT2D eigenvalue weighted by Gasteiger charge is 2.16. The molecule has 0 aromatic heterocycles. The molecule has 1 saturated heterocycles. The van der Waals surface area contributed by atoms with Crippen molar-refractivity contribution in [1.29, 1.82) is 0 Å². The Bertz CT molecular complexity index is 376. The molecule has 1 aromatic rings. The first-order chi connectivity index (χ1) is 7.77. The van der Waals surface area contributed by atoms with E-state index < -0.39 is 0 Å². The summed E-state index contributed by atoms with van der Waals surface area (Å²) >= 11 is 0. The molecule has 0 bridgehead atoms. The van der Waals surface area contributed by atoms with Crippen LogP contribution < -0.4 is 5.32 Å². The van der Waals surface area contributed by atoms with Crippen LogP contribution in [0.25, 0.3) is 0 Å². The van der Waals surface area contributed by atoms with Crippen molar-refractivity contribution in [3.8, 4) is 0 Å². The molecule has 0 aliphatic carbocycles. The highest BCUT2D eigenvalue weighted by molar-refractivity contribution is 5.78. The third-order valence-electron chi connectivity index (χ3n) is 3.03. The van der Waals surface area contributed by atoms with Gasteiger partial charge in [0, 0.05) is 13.1 Å². The van der Waals surface area contributed by atoms with Crippen molar-refractivity contribution in [2.75, 3.05) is 19.6 Å². The average molecular weight is 218 g/mol. The van der Waals surface area contributed by atoms with E-state index in [0.29, 0.717) is 6.54 Å². The number of nitrogens with zero attached hydrogens (tertiary/aromatic N) is 1. The Balaban J connectivity index is 2.08.